The van der Waals surface area contributed by atoms with Crippen molar-refractivity contribution in [1.82, 2.24) is 4.90 Å². The van der Waals surface area contributed by atoms with Gasteiger partial charge in [0, 0.05) is 44.3 Å². The molecule has 0 aromatic rings. The average molecular weight is 353 g/mol. The average Bonchev–Trinajstić information content (AvgIpc) is 2.67. The number of likely N-dealkylation sites (N-methyl/N-ethyl adjacent to an activating group) is 1. The van der Waals surface area contributed by atoms with Gasteiger partial charge >= 0.3 is 0 Å². The van der Waals surface area contributed by atoms with Gasteiger partial charge in [0.2, 0.25) is 0 Å². The van der Waals surface area contributed by atoms with E-state index in [0.717, 1.165) is 16.8 Å². The second kappa shape index (κ2) is 9.90. The van der Waals surface area contributed by atoms with E-state index in [1.54, 1.807) is 6.08 Å². The first-order valence-electron chi connectivity index (χ1n) is 8.78. The van der Waals surface area contributed by atoms with Gasteiger partial charge in [0.05, 0.1) is 6.10 Å². The minimum absolute atomic E-state index is 0.0553. The van der Waals surface area contributed by atoms with Crippen LogP contribution in [0.2, 0.25) is 0 Å². The highest BCUT2D eigenvalue weighted by molar-refractivity contribution is 5.45. The van der Waals surface area contributed by atoms with E-state index in [1.165, 1.54) is 6.08 Å². The summed E-state index contributed by atoms with van der Waals surface area (Å²) in [7, 11) is 1.89. The third-order valence-electron chi connectivity index (χ3n) is 4.58. The number of hydrogen-bond donors (Lipinski definition) is 3. The van der Waals surface area contributed by atoms with E-state index in [1.807, 2.05) is 44.9 Å². The standard InChI is InChI=1S/C20H32FNO3/c1-15-5-7-17(21)8-6-16(15)13-19(20(2,3)10-12-24)22(4)14-18(25)9-11-23/h5-6,8,13,18,23-25H,7,9-12,14H2,1-4H3/b19-13-/t18-/m0/s1. The van der Waals surface area contributed by atoms with Crippen molar-refractivity contribution in [2.24, 2.45) is 5.41 Å². The number of allylic oxidation sites excluding steroid dienone is 8. The Labute approximate surface area is 150 Å². The molecule has 0 fully saturated rings. The van der Waals surface area contributed by atoms with Crippen molar-refractivity contribution in [2.75, 3.05) is 26.8 Å². The lowest BCUT2D eigenvalue weighted by atomic mass is 9.83. The number of halogens is 1. The topological polar surface area (TPSA) is 63.9 Å². The van der Waals surface area contributed by atoms with Crippen LogP contribution in [0.25, 0.3) is 0 Å². The zero-order chi connectivity index (χ0) is 19.0. The van der Waals surface area contributed by atoms with Crippen LogP contribution in [0.3, 0.4) is 0 Å². The molecule has 0 spiro atoms. The van der Waals surface area contributed by atoms with Gasteiger partial charge in [-0.25, -0.2) is 4.39 Å². The van der Waals surface area contributed by atoms with Gasteiger partial charge in [-0.3, -0.25) is 0 Å². The first-order chi connectivity index (χ1) is 11.7. The summed E-state index contributed by atoms with van der Waals surface area (Å²) in [5, 5.41) is 28.5. The summed E-state index contributed by atoms with van der Waals surface area (Å²) < 4.78 is 13.5. The van der Waals surface area contributed by atoms with Crippen molar-refractivity contribution in [2.45, 2.75) is 46.1 Å². The molecule has 0 bridgehead atoms. The molecule has 0 saturated carbocycles. The molecule has 0 amide bonds. The zero-order valence-electron chi connectivity index (χ0n) is 15.8. The molecule has 0 aromatic carbocycles. The molecular formula is C20H32FNO3. The van der Waals surface area contributed by atoms with Crippen molar-refractivity contribution in [3.63, 3.8) is 0 Å². The van der Waals surface area contributed by atoms with Crippen molar-refractivity contribution < 1.29 is 19.7 Å². The molecule has 0 radical (unpaired) electrons. The first kappa shape index (κ1) is 21.6. The van der Waals surface area contributed by atoms with Crippen LogP contribution in [-0.4, -0.2) is 53.1 Å². The highest BCUT2D eigenvalue weighted by Crippen LogP contribution is 2.34. The van der Waals surface area contributed by atoms with Gasteiger partial charge in [-0.15, -0.1) is 0 Å². The first-order valence-corrected chi connectivity index (χ1v) is 8.78. The fraction of sp³-hybridized carbons (Fsp3) is 0.600. The third-order valence-corrected chi connectivity index (χ3v) is 4.58. The molecule has 0 saturated heterocycles. The summed E-state index contributed by atoms with van der Waals surface area (Å²) in [6, 6.07) is 0. The molecule has 25 heavy (non-hydrogen) atoms. The largest absolute Gasteiger partial charge is 0.396 e. The zero-order valence-corrected chi connectivity index (χ0v) is 15.8. The predicted molar refractivity (Wildman–Crippen MR) is 99.6 cm³/mol. The van der Waals surface area contributed by atoms with Crippen molar-refractivity contribution in [1.29, 1.82) is 0 Å². The minimum atomic E-state index is -0.639. The Kier molecular flexibility index (Phi) is 8.56. The fourth-order valence-corrected chi connectivity index (χ4v) is 2.94. The van der Waals surface area contributed by atoms with E-state index >= 15 is 0 Å². The molecule has 1 aliphatic rings. The van der Waals surface area contributed by atoms with Crippen LogP contribution in [0.1, 0.15) is 40.0 Å². The highest BCUT2D eigenvalue weighted by Gasteiger charge is 2.27. The number of hydrogen-bond acceptors (Lipinski definition) is 4. The number of aliphatic hydroxyl groups is 3. The van der Waals surface area contributed by atoms with Gasteiger partial charge in [0.25, 0.3) is 0 Å². The van der Waals surface area contributed by atoms with E-state index in [2.05, 4.69) is 0 Å². The molecule has 0 aromatic heterocycles. The number of rotatable bonds is 9. The smallest absolute Gasteiger partial charge is 0.104 e. The lowest BCUT2D eigenvalue weighted by Gasteiger charge is -2.36. The molecule has 1 aliphatic carbocycles. The van der Waals surface area contributed by atoms with E-state index in [4.69, 9.17) is 5.11 Å². The van der Waals surface area contributed by atoms with Crippen LogP contribution in [-0.2, 0) is 0 Å². The molecule has 142 valence electrons. The van der Waals surface area contributed by atoms with Crippen LogP contribution < -0.4 is 0 Å². The van der Waals surface area contributed by atoms with Crippen molar-refractivity contribution in [3.8, 4) is 0 Å². The summed E-state index contributed by atoms with van der Waals surface area (Å²) in [5.74, 6) is -0.175. The van der Waals surface area contributed by atoms with E-state index < -0.39 is 6.10 Å². The maximum Gasteiger partial charge on any atom is 0.104 e. The Bertz CT molecular complexity index is 561. The normalized spacial score (nSPS) is 17.4. The number of aliphatic hydroxyl groups excluding tert-OH is 3. The fourth-order valence-electron chi connectivity index (χ4n) is 2.94. The Morgan fingerprint density at radius 1 is 1.32 bits per heavy atom. The van der Waals surface area contributed by atoms with E-state index in [9.17, 15) is 14.6 Å². The molecule has 0 unspecified atom stereocenters. The monoisotopic (exact) mass is 353 g/mol. The van der Waals surface area contributed by atoms with Crippen LogP contribution >= 0.6 is 0 Å². The summed E-state index contributed by atoms with van der Waals surface area (Å²) >= 11 is 0. The molecular weight excluding hydrogens is 321 g/mol. The predicted octanol–water partition coefficient (Wildman–Crippen LogP) is 3.08. The van der Waals surface area contributed by atoms with Crippen molar-refractivity contribution >= 4 is 0 Å². The molecule has 0 aliphatic heterocycles. The summed E-state index contributed by atoms with van der Waals surface area (Å²) in [4.78, 5) is 1.95. The lowest BCUT2D eigenvalue weighted by molar-refractivity contribution is 0.0971. The summed E-state index contributed by atoms with van der Waals surface area (Å²) in [5.41, 5.74) is 2.54. The molecule has 1 atom stereocenters. The minimum Gasteiger partial charge on any atom is -0.396 e. The maximum atomic E-state index is 13.5. The maximum absolute atomic E-state index is 13.5. The van der Waals surface area contributed by atoms with Crippen LogP contribution in [0.15, 0.2) is 47.0 Å². The highest BCUT2D eigenvalue weighted by atomic mass is 19.1. The molecule has 4 nitrogen and oxygen atoms in total. The second-order valence-electron chi connectivity index (χ2n) is 7.26. The SMILES string of the molecule is CC1=CCC(F)=CC=C1/C=C(\N(C)C[C@@H](O)CCO)C(C)(C)CCO. The Morgan fingerprint density at radius 3 is 2.60 bits per heavy atom. The van der Waals surface area contributed by atoms with Crippen LogP contribution in [0, 0.1) is 5.41 Å². The van der Waals surface area contributed by atoms with E-state index in [-0.39, 0.29) is 24.5 Å². The van der Waals surface area contributed by atoms with Gasteiger partial charge in [0.15, 0.2) is 0 Å². The van der Waals surface area contributed by atoms with Gasteiger partial charge in [-0.05, 0) is 43.1 Å². The van der Waals surface area contributed by atoms with E-state index in [0.29, 0.717) is 25.8 Å². The number of nitrogens with zero attached hydrogens (tertiary/aromatic N) is 1. The quantitative estimate of drug-likeness (QED) is 0.596. The summed E-state index contributed by atoms with van der Waals surface area (Å²) in [6.07, 6.45) is 7.64. The Hall–Kier alpha value is -1.43. The van der Waals surface area contributed by atoms with Crippen LogP contribution in [0.4, 0.5) is 4.39 Å². The van der Waals surface area contributed by atoms with Gasteiger partial charge < -0.3 is 20.2 Å². The Balaban J connectivity index is 3.22. The van der Waals surface area contributed by atoms with Gasteiger partial charge in [-0.1, -0.05) is 26.0 Å². The van der Waals surface area contributed by atoms with Crippen molar-refractivity contribution in [3.05, 3.63) is 47.0 Å². The molecule has 3 N–H and O–H groups in total. The molecule has 1 rings (SSSR count). The van der Waals surface area contributed by atoms with Gasteiger partial charge in [-0.2, -0.15) is 0 Å². The lowest BCUT2D eigenvalue weighted by Crippen LogP contribution is -2.35. The molecule has 0 heterocycles. The summed E-state index contributed by atoms with van der Waals surface area (Å²) in [6.45, 7) is 6.39. The molecule has 5 heteroatoms. The Morgan fingerprint density at radius 2 is 2.00 bits per heavy atom. The van der Waals surface area contributed by atoms with Gasteiger partial charge in [0.1, 0.15) is 5.83 Å². The third kappa shape index (κ3) is 6.77. The van der Waals surface area contributed by atoms with Crippen LogP contribution in [0.5, 0.6) is 0 Å². The second-order valence-corrected chi connectivity index (χ2v) is 7.26.